The van der Waals surface area contributed by atoms with Crippen LogP contribution in [-0.2, 0) is 0 Å². The molecule has 4 heteroatoms. The summed E-state index contributed by atoms with van der Waals surface area (Å²) >= 11 is 0. The molecular formula is C32H21N2OP. The summed E-state index contributed by atoms with van der Waals surface area (Å²) in [6.45, 7) is 0. The van der Waals surface area contributed by atoms with Crippen molar-refractivity contribution in [1.82, 2.24) is 9.97 Å². The summed E-state index contributed by atoms with van der Waals surface area (Å²) in [6, 6.07) is 36.1. The number of pyridine rings is 2. The topological polar surface area (TPSA) is 38.9 Å². The second kappa shape index (κ2) is 8.41. The average molecular weight is 481 g/mol. The van der Waals surface area contributed by atoms with Gasteiger partial charge in [-0.25, -0.2) is 4.98 Å². The molecule has 0 spiro atoms. The van der Waals surface area contributed by atoms with Crippen LogP contribution >= 0.6 is 9.24 Å². The highest BCUT2D eigenvalue weighted by molar-refractivity contribution is 7.27. The van der Waals surface area contributed by atoms with E-state index in [-0.39, 0.29) is 0 Å². The number of hydrogen-bond donors (Lipinski definition) is 0. The lowest BCUT2D eigenvalue weighted by atomic mass is 9.98. The van der Waals surface area contributed by atoms with E-state index in [1.54, 1.807) is 6.20 Å². The molecule has 3 nitrogen and oxygen atoms in total. The quantitative estimate of drug-likeness (QED) is 0.240. The predicted molar refractivity (Wildman–Crippen MR) is 152 cm³/mol. The van der Waals surface area contributed by atoms with Crippen LogP contribution in [0.5, 0.6) is 0 Å². The Morgan fingerprint density at radius 3 is 2.08 bits per heavy atom. The van der Waals surface area contributed by atoms with Crippen molar-refractivity contribution in [2.24, 2.45) is 0 Å². The van der Waals surface area contributed by atoms with Gasteiger partial charge in [0.2, 0.25) is 5.71 Å². The molecule has 7 rings (SSSR count). The fraction of sp³-hybridized carbons (Fsp3) is 0. The van der Waals surface area contributed by atoms with Crippen molar-refractivity contribution in [3.63, 3.8) is 0 Å². The molecule has 3 heterocycles. The maximum absolute atomic E-state index is 6.10. The van der Waals surface area contributed by atoms with Gasteiger partial charge in [-0.05, 0) is 69.2 Å². The first-order chi connectivity index (χ1) is 17.7. The minimum absolute atomic E-state index is 0.650. The Kier molecular flexibility index (Phi) is 4.90. The molecule has 7 aromatic rings. The standard InChI is InChI=1S/C32H21N2OP/c36-26-13-10-20(11-14-26)22-8-6-21-7-9-23(18-25(21)17-22)24-12-15-30(34-19-24)29-4-1-3-27-28-5-2-16-33-32(28)35-31(27)29/h1-19H,36H2. The molecule has 36 heavy (non-hydrogen) atoms. The van der Waals surface area contributed by atoms with E-state index in [0.717, 1.165) is 38.7 Å². The minimum Gasteiger partial charge on any atom is -0.437 e. The van der Waals surface area contributed by atoms with Gasteiger partial charge in [0, 0.05) is 34.3 Å². The van der Waals surface area contributed by atoms with Gasteiger partial charge in [0.25, 0.3) is 0 Å². The van der Waals surface area contributed by atoms with E-state index in [0.29, 0.717) is 5.71 Å². The van der Waals surface area contributed by atoms with Crippen molar-refractivity contribution < 1.29 is 4.42 Å². The van der Waals surface area contributed by atoms with Crippen molar-refractivity contribution >= 4 is 47.4 Å². The van der Waals surface area contributed by atoms with Gasteiger partial charge in [0.15, 0.2) is 0 Å². The van der Waals surface area contributed by atoms with Gasteiger partial charge in [-0.3, -0.25) is 4.98 Å². The third-order valence-corrected chi connectivity index (χ3v) is 7.12. The van der Waals surface area contributed by atoms with Gasteiger partial charge in [-0.15, -0.1) is 9.24 Å². The monoisotopic (exact) mass is 480 g/mol. The fourth-order valence-electron chi connectivity index (χ4n) is 4.84. The molecule has 0 amide bonds. The Bertz CT molecular complexity index is 1890. The van der Waals surface area contributed by atoms with Crippen molar-refractivity contribution in [2.45, 2.75) is 0 Å². The number of aromatic nitrogens is 2. The zero-order valence-corrected chi connectivity index (χ0v) is 20.5. The van der Waals surface area contributed by atoms with E-state index in [1.807, 2.05) is 30.5 Å². The van der Waals surface area contributed by atoms with Crippen molar-refractivity contribution in [3.8, 4) is 33.5 Å². The second-order valence-electron chi connectivity index (χ2n) is 8.97. The van der Waals surface area contributed by atoms with Gasteiger partial charge in [-0.2, -0.15) is 0 Å². The van der Waals surface area contributed by atoms with E-state index in [9.17, 15) is 0 Å². The van der Waals surface area contributed by atoms with Crippen LogP contribution in [0.1, 0.15) is 0 Å². The number of benzene rings is 4. The van der Waals surface area contributed by atoms with Gasteiger partial charge >= 0.3 is 0 Å². The first-order valence-electron chi connectivity index (χ1n) is 11.9. The number of furan rings is 1. The molecule has 1 unspecified atom stereocenters. The summed E-state index contributed by atoms with van der Waals surface area (Å²) in [7, 11) is 2.74. The molecule has 0 radical (unpaired) electrons. The lowest BCUT2D eigenvalue weighted by molar-refractivity contribution is 0.655. The number of hydrogen-bond acceptors (Lipinski definition) is 3. The maximum Gasteiger partial charge on any atom is 0.227 e. The largest absolute Gasteiger partial charge is 0.437 e. The number of nitrogens with zero attached hydrogens (tertiary/aromatic N) is 2. The highest BCUT2D eigenvalue weighted by atomic mass is 31.0. The zero-order valence-electron chi connectivity index (χ0n) is 19.3. The summed E-state index contributed by atoms with van der Waals surface area (Å²) < 4.78 is 6.10. The lowest BCUT2D eigenvalue weighted by Crippen LogP contribution is -1.88. The molecule has 4 aromatic carbocycles. The van der Waals surface area contributed by atoms with Crippen molar-refractivity contribution in [3.05, 3.63) is 116 Å². The molecule has 170 valence electrons. The fourth-order valence-corrected chi connectivity index (χ4v) is 5.03. The first-order valence-corrected chi connectivity index (χ1v) is 12.4. The van der Waals surface area contributed by atoms with Gasteiger partial charge in [0.05, 0.1) is 5.69 Å². The Labute approximate surface area is 210 Å². The van der Waals surface area contributed by atoms with Crippen molar-refractivity contribution in [1.29, 1.82) is 0 Å². The van der Waals surface area contributed by atoms with Crippen LogP contribution < -0.4 is 5.30 Å². The minimum atomic E-state index is 0.650. The third-order valence-electron chi connectivity index (χ3n) is 6.73. The summed E-state index contributed by atoms with van der Waals surface area (Å²) in [5.74, 6) is 0. The van der Waals surface area contributed by atoms with E-state index in [2.05, 4.69) is 93.1 Å². The molecule has 3 aromatic heterocycles. The predicted octanol–water partition coefficient (Wildman–Crippen LogP) is 8.03. The van der Waals surface area contributed by atoms with Crippen LogP contribution in [0.15, 0.2) is 120 Å². The second-order valence-corrected chi connectivity index (χ2v) is 9.64. The third kappa shape index (κ3) is 3.57. The average Bonchev–Trinajstić information content (AvgIpc) is 3.32. The molecule has 0 aliphatic carbocycles. The van der Waals surface area contributed by atoms with Crippen LogP contribution in [0, 0.1) is 0 Å². The highest BCUT2D eigenvalue weighted by Crippen LogP contribution is 2.35. The first kappa shape index (κ1) is 21.0. The van der Waals surface area contributed by atoms with E-state index < -0.39 is 0 Å². The van der Waals surface area contributed by atoms with Crippen LogP contribution in [0.3, 0.4) is 0 Å². The summed E-state index contributed by atoms with van der Waals surface area (Å²) in [5, 5.41) is 5.69. The Morgan fingerprint density at radius 1 is 0.583 bits per heavy atom. The molecule has 1 atom stereocenters. The molecule has 0 bridgehead atoms. The molecule has 0 aliphatic heterocycles. The highest BCUT2D eigenvalue weighted by Gasteiger charge is 2.13. The molecular weight excluding hydrogens is 459 g/mol. The van der Waals surface area contributed by atoms with Crippen LogP contribution in [0.4, 0.5) is 0 Å². The number of para-hydroxylation sites is 1. The summed E-state index contributed by atoms with van der Waals surface area (Å²) in [4.78, 5) is 9.19. The SMILES string of the molecule is Pc1ccc(-c2ccc3ccc(-c4ccc(-c5cccc6c5oc5ncccc56)nc4)cc3c2)cc1. The van der Waals surface area contributed by atoms with Crippen LogP contribution in [-0.4, -0.2) is 9.97 Å². The van der Waals surface area contributed by atoms with E-state index in [4.69, 9.17) is 9.40 Å². The maximum atomic E-state index is 6.10. The number of rotatable bonds is 3. The smallest absolute Gasteiger partial charge is 0.227 e. The zero-order chi connectivity index (χ0) is 24.1. The van der Waals surface area contributed by atoms with Crippen LogP contribution in [0.25, 0.3) is 66.4 Å². The Balaban J connectivity index is 1.26. The molecule has 0 saturated heterocycles. The van der Waals surface area contributed by atoms with E-state index >= 15 is 0 Å². The molecule has 0 fully saturated rings. The summed E-state index contributed by atoms with van der Waals surface area (Å²) in [5.41, 5.74) is 7.97. The van der Waals surface area contributed by atoms with Gasteiger partial charge in [-0.1, -0.05) is 66.7 Å². The summed E-state index contributed by atoms with van der Waals surface area (Å²) in [6.07, 6.45) is 3.70. The molecule has 0 aliphatic rings. The molecule has 0 saturated carbocycles. The lowest BCUT2D eigenvalue weighted by Gasteiger charge is -2.08. The normalized spacial score (nSPS) is 11.5. The molecule has 0 N–H and O–H groups in total. The number of fused-ring (bicyclic) bond motifs is 4. The Hall–Kier alpha value is -4.33. The van der Waals surface area contributed by atoms with Gasteiger partial charge < -0.3 is 4.42 Å². The van der Waals surface area contributed by atoms with Gasteiger partial charge in [0.1, 0.15) is 5.58 Å². The van der Waals surface area contributed by atoms with E-state index in [1.165, 1.54) is 27.2 Å². The van der Waals surface area contributed by atoms with Crippen LogP contribution in [0.2, 0.25) is 0 Å². The van der Waals surface area contributed by atoms with Crippen molar-refractivity contribution in [2.75, 3.05) is 0 Å². The Morgan fingerprint density at radius 2 is 1.31 bits per heavy atom.